The zero-order valence-electron chi connectivity index (χ0n) is 6.97. The van der Waals surface area contributed by atoms with Crippen LogP contribution >= 0.6 is 0 Å². The second-order valence-corrected chi connectivity index (χ2v) is 2.65. The molecule has 2 rings (SSSR count). The van der Waals surface area contributed by atoms with Crippen molar-refractivity contribution in [3.63, 3.8) is 0 Å². The fourth-order valence-corrected chi connectivity index (χ4v) is 1.13. The van der Waals surface area contributed by atoms with E-state index in [1.165, 1.54) is 6.33 Å². The van der Waals surface area contributed by atoms with E-state index < -0.39 is 0 Å². The molecule has 4 nitrogen and oxygen atoms in total. The van der Waals surface area contributed by atoms with Gasteiger partial charge in [-0.15, -0.1) is 0 Å². The average Bonchev–Trinajstić information content (AvgIpc) is 2.71. The van der Waals surface area contributed by atoms with Gasteiger partial charge < -0.3 is 10.3 Å². The van der Waals surface area contributed by atoms with Crippen molar-refractivity contribution < 1.29 is 4.52 Å². The molecular weight excluding hydrogens is 166 g/mol. The third kappa shape index (κ3) is 1.57. The Labute approximate surface area is 75.4 Å². The molecule has 0 aliphatic carbocycles. The van der Waals surface area contributed by atoms with E-state index in [1.54, 1.807) is 0 Å². The van der Waals surface area contributed by atoms with E-state index in [0.717, 1.165) is 11.1 Å². The van der Waals surface area contributed by atoms with Gasteiger partial charge in [0.2, 0.25) is 0 Å². The first kappa shape index (κ1) is 7.94. The van der Waals surface area contributed by atoms with Crippen molar-refractivity contribution in [2.45, 2.75) is 6.54 Å². The van der Waals surface area contributed by atoms with Gasteiger partial charge in [0.1, 0.15) is 0 Å². The first-order valence-electron chi connectivity index (χ1n) is 3.96. The Morgan fingerprint density at radius 1 is 1.38 bits per heavy atom. The van der Waals surface area contributed by atoms with Crippen LogP contribution in [0.5, 0.6) is 0 Å². The molecule has 4 heteroatoms. The molecule has 0 radical (unpaired) electrons. The zero-order valence-corrected chi connectivity index (χ0v) is 6.97. The highest BCUT2D eigenvalue weighted by atomic mass is 16.5. The number of rotatable bonds is 2. The average molecular weight is 175 g/mol. The molecule has 13 heavy (non-hydrogen) atoms. The minimum absolute atomic E-state index is 0.516. The number of nitrogens with zero attached hydrogens (tertiary/aromatic N) is 2. The number of benzene rings is 1. The lowest BCUT2D eigenvalue weighted by molar-refractivity contribution is 0.430. The lowest BCUT2D eigenvalue weighted by Crippen LogP contribution is -1.95. The van der Waals surface area contributed by atoms with Crippen LogP contribution in [0.15, 0.2) is 35.1 Å². The highest BCUT2D eigenvalue weighted by Crippen LogP contribution is 2.16. The van der Waals surface area contributed by atoms with Crippen molar-refractivity contribution in [1.29, 1.82) is 0 Å². The number of aromatic nitrogens is 2. The van der Waals surface area contributed by atoms with Crippen molar-refractivity contribution in [1.82, 2.24) is 10.1 Å². The van der Waals surface area contributed by atoms with Gasteiger partial charge in [-0.1, -0.05) is 17.3 Å². The van der Waals surface area contributed by atoms with Crippen LogP contribution in [0.4, 0.5) is 0 Å². The maximum absolute atomic E-state index is 5.51. The maximum Gasteiger partial charge on any atom is 0.257 e. The van der Waals surface area contributed by atoms with Crippen LogP contribution < -0.4 is 5.73 Å². The summed E-state index contributed by atoms with van der Waals surface area (Å²) in [7, 11) is 0. The van der Waals surface area contributed by atoms with Gasteiger partial charge in [0.15, 0.2) is 6.33 Å². The zero-order chi connectivity index (χ0) is 9.10. The lowest BCUT2D eigenvalue weighted by Gasteiger charge is -1.97. The van der Waals surface area contributed by atoms with Crippen LogP contribution in [-0.4, -0.2) is 10.1 Å². The Morgan fingerprint density at radius 3 is 3.00 bits per heavy atom. The Morgan fingerprint density at radius 2 is 2.31 bits per heavy atom. The van der Waals surface area contributed by atoms with E-state index in [9.17, 15) is 0 Å². The summed E-state index contributed by atoms with van der Waals surface area (Å²) >= 11 is 0. The molecule has 1 heterocycles. The van der Waals surface area contributed by atoms with E-state index >= 15 is 0 Å². The van der Waals surface area contributed by atoms with Crippen LogP contribution in [0.3, 0.4) is 0 Å². The second-order valence-electron chi connectivity index (χ2n) is 2.65. The summed E-state index contributed by atoms with van der Waals surface area (Å²) < 4.78 is 4.92. The molecule has 0 fully saturated rings. The van der Waals surface area contributed by atoms with Crippen molar-refractivity contribution in [3.8, 4) is 11.5 Å². The van der Waals surface area contributed by atoms with Gasteiger partial charge >= 0.3 is 0 Å². The number of nitrogens with two attached hydrogens (primary N) is 1. The van der Waals surface area contributed by atoms with Gasteiger partial charge in [0.25, 0.3) is 5.89 Å². The predicted octanol–water partition coefficient (Wildman–Crippen LogP) is 1.20. The predicted molar refractivity (Wildman–Crippen MR) is 47.6 cm³/mol. The minimum Gasteiger partial charge on any atom is -0.334 e. The van der Waals surface area contributed by atoms with E-state index in [-0.39, 0.29) is 0 Å². The molecule has 0 saturated heterocycles. The molecule has 0 amide bonds. The molecule has 0 aliphatic rings. The van der Waals surface area contributed by atoms with Crippen molar-refractivity contribution in [3.05, 3.63) is 36.2 Å². The van der Waals surface area contributed by atoms with Crippen LogP contribution in [0.2, 0.25) is 0 Å². The van der Waals surface area contributed by atoms with Crippen molar-refractivity contribution >= 4 is 0 Å². The van der Waals surface area contributed by atoms with Crippen molar-refractivity contribution in [2.24, 2.45) is 5.73 Å². The molecule has 2 aromatic rings. The Hall–Kier alpha value is -1.68. The Balaban J connectivity index is 2.41. The normalized spacial score (nSPS) is 10.2. The molecule has 66 valence electrons. The third-order valence-corrected chi connectivity index (χ3v) is 1.77. The Bertz CT molecular complexity index is 384. The molecule has 0 spiro atoms. The van der Waals surface area contributed by atoms with Gasteiger partial charge in [-0.05, 0) is 17.7 Å². The molecular formula is C9H9N3O. The van der Waals surface area contributed by atoms with Gasteiger partial charge in [-0.2, -0.15) is 4.98 Å². The van der Waals surface area contributed by atoms with E-state index in [1.807, 2.05) is 24.3 Å². The maximum atomic E-state index is 5.51. The largest absolute Gasteiger partial charge is 0.334 e. The molecule has 2 N–H and O–H groups in total. The molecule has 0 saturated carbocycles. The summed E-state index contributed by atoms with van der Waals surface area (Å²) in [5.74, 6) is 0.523. The Kier molecular flexibility index (Phi) is 2.06. The van der Waals surface area contributed by atoms with E-state index in [4.69, 9.17) is 10.3 Å². The smallest absolute Gasteiger partial charge is 0.257 e. The first-order valence-corrected chi connectivity index (χ1v) is 3.96. The summed E-state index contributed by atoms with van der Waals surface area (Å²) in [5, 5.41) is 3.54. The second kappa shape index (κ2) is 3.37. The van der Waals surface area contributed by atoms with Crippen LogP contribution in [-0.2, 0) is 6.54 Å². The summed E-state index contributed by atoms with van der Waals surface area (Å²) in [6, 6.07) is 7.72. The summed E-state index contributed by atoms with van der Waals surface area (Å²) in [6.45, 7) is 0.516. The minimum atomic E-state index is 0.516. The SMILES string of the molecule is NCc1cccc(-c2ncno2)c1. The monoisotopic (exact) mass is 175 g/mol. The van der Waals surface area contributed by atoms with Gasteiger partial charge in [0.05, 0.1) is 0 Å². The van der Waals surface area contributed by atoms with Crippen molar-refractivity contribution in [2.75, 3.05) is 0 Å². The molecule has 0 atom stereocenters. The van der Waals surface area contributed by atoms with Crippen LogP contribution in [0, 0.1) is 0 Å². The number of hydrogen-bond acceptors (Lipinski definition) is 4. The molecule has 0 bridgehead atoms. The van der Waals surface area contributed by atoms with Crippen LogP contribution in [0.1, 0.15) is 5.56 Å². The summed E-state index contributed by atoms with van der Waals surface area (Å²) in [4.78, 5) is 3.94. The topological polar surface area (TPSA) is 64.9 Å². The molecule has 0 aliphatic heterocycles. The summed E-state index contributed by atoms with van der Waals surface area (Å²) in [6.07, 6.45) is 1.38. The highest BCUT2D eigenvalue weighted by Gasteiger charge is 2.02. The highest BCUT2D eigenvalue weighted by molar-refractivity contribution is 5.53. The molecule has 1 aromatic carbocycles. The van der Waals surface area contributed by atoms with Gasteiger partial charge in [-0.25, -0.2) is 0 Å². The summed E-state index contributed by atoms with van der Waals surface area (Å²) in [5.41, 5.74) is 7.46. The van der Waals surface area contributed by atoms with E-state index in [2.05, 4.69) is 10.1 Å². The van der Waals surface area contributed by atoms with Crippen LogP contribution in [0.25, 0.3) is 11.5 Å². The number of hydrogen-bond donors (Lipinski definition) is 1. The van der Waals surface area contributed by atoms with E-state index in [0.29, 0.717) is 12.4 Å². The first-order chi connectivity index (χ1) is 6.40. The fraction of sp³-hybridized carbons (Fsp3) is 0.111. The van der Waals surface area contributed by atoms with Gasteiger partial charge in [0, 0.05) is 12.1 Å². The molecule has 0 unspecified atom stereocenters. The molecule has 1 aromatic heterocycles. The van der Waals surface area contributed by atoms with Gasteiger partial charge in [-0.3, -0.25) is 0 Å². The standard InChI is InChI=1S/C9H9N3O/c10-5-7-2-1-3-8(4-7)9-11-6-12-13-9/h1-4,6H,5,10H2. The quantitative estimate of drug-likeness (QED) is 0.744. The lowest BCUT2D eigenvalue weighted by atomic mass is 10.1. The third-order valence-electron chi connectivity index (χ3n) is 1.77. The fourth-order valence-electron chi connectivity index (χ4n) is 1.13.